The minimum Gasteiger partial charge on any atom is -0.480 e. The zero-order valence-electron chi connectivity index (χ0n) is 10.0. The number of nitrogens with two attached hydrogens (primary N) is 1. The van der Waals surface area contributed by atoms with Gasteiger partial charge in [0.15, 0.2) is 0 Å². The van der Waals surface area contributed by atoms with Crippen LogP contribution in [0.25, 0.3) is 0 Å². The van der Waals surface area contributed by atoms with Gasteiger partial charge in [0.25, 0.3) is 0 Å². The number of carbonyl (C=O) groups excluding carboxylic acids is 2. The van der Waals surface area contributed by atoms with Crippen molar-refractivity contribution in [2.75, 3.05) is 13.1 Å². The number of nitrogens with one attached hydrogen (secondary N) is 3. The molecule has 6 N–H and O–H groups in total. The van der Waals surface area contributed by atoms with Crippen LogP contribution in [0.5, 0.6) is 0 Å². The van der Waals surface area contributed by atoms with Crippen LogP contribution < -0.4 is 16.4 Å². The van der Waals surface area contributed by atoms with Crippen LogP contribution in [0.2, 0.25) is 0 Å². The fourth-order valence-corrected chi connectivity index (χ4v) is 1.31. The summed E-state index contributed by atoms with van der Waals surface area (Å²) >= 11 is 0. The van der Waals surface area contributed by atoms with Gasteiger partial charge in [-0.25, -0.2) is 9.78 Å². The van der Waals surface area contributed by atoms with Crippen molar-refractivity contribution in [3.8, 4) is 0 Å². The highest BCUT2D eigenvalue weighted by Gasteiger charge is 2.21. The Morgan fingerprint density at radius 3 is 2.68 bits per heavy atom. The van der Waals surface area contributed by atoms with Gasteiger partial charge in [-0.05, 0) is 0 Å². The lowest BCUT2D eigenvalue weighted by Gasteiger charge is -2.13. The predicted octanol–water partition coefficient (Wildman–Crippen LogP) is -2.40. The van der Waals surface area contributed by atoms with E-state index in [1.54, 1.807) is 0 Å². The van der Waals surface area contributed by atoms with E-state index < -0.39 is 23.8 Å². The monoisotopic (exact) mass is 269 g/mol. The Kier molecular flexibility index (Phi) is 5.48. The third-order valence-electron chi connectivity index (χ3n) is 2.23. The smallest absolute Gasteiger partial charge is 0.326 e. The first-order chi connectivity index (χ1) is 9.02. The van der Waals surface area contributed by atoms with E-state index in [1.165, 1.54) is 12.5 Å². The normalized spacial score (nSPS) is 11.6. The second-order valence-electron chi connectivity index (χ2n) is 3.70. The average Bonchev–Trinajstić information content (AvgIpc) is 2.87. The highest BCUT2D eigenvalue weighted by Crippen LogP contribution is 1.98. The van der Waals surface area contributed by atoms with Crippen molar-refractivity contribution < 1.29 is 19.5 Å². The summed E-state index contributed by atoms with van der Waals surface area (Å²) in [6.45, 7) is -0.552. The number of amides is 2. The largest absolute Gasteiger partial charge is 0.480 e. The molecular formula is C10H15N5O4. The first kappa shape index (κ1) is 14.6. The highest BCUT2D eigenvalue weighted by molar-refractivity contribution is 5.88. The number of hydrogen-bond acceptors (Lipinski definition) is 5. The Morgan fingerprint density at radius 1 is 1.42 bits per heavy atom. The standard InChI is InChI=1S/C10H15N5O4/c11-2-8(16)13-4-9(17)15-7(10(18)19)1-6-3-12-5-14-6/h3,5,7H,1-2,4,11H2,(H,12,14)(H,13,16)(H,15,17)(H,18,19)/t7-/m0/s1. The molecule has 1 aromatic heterocycles. The quantitative estimate of drug-likeness (QED) is 0.372. The maximum Gasteiger partial charge on any atom is 0.326 e. The molecule has 0 aromatic carbocycles. The zero-order valence-corrected chi connectivity index (χ0v) is 10.0. The summed E-state index contributed by atoms with van der Waals surface area (Å²) in [5.41, 5.74) is 5.56. The van der Waals surface area contributed by atoms with Crippen molar-refractivity contribution in [1.82, 2.24) is 20.6 Å². The molecule has 0 aliphatic heterocycles. The van der Waals surface area contributed by atoms with Crippen molar-refractivity contribution in [1.29, 1.82) is 0 Å². The van der Waals surface area contributed by atoms with Crippen molar-refractivity contribution in [3.05, 3.63) is 18.2 Å². The van der Waals surface area contributed by atoms with E-state index in [4.69, 9.17) is 10.8 Å². The van der Waals surface area contributed by atoms with Gasteiger partial charge in [-0.3, -0.25) is 9.59 Å². The first-order valence-corrected chi connectivity index (χ1v) is 5.49. The molecule has 1 rings (SSSR count). The molecule has 2 amide bonds. The summed E-state index contributed by atoms with van der Waals surface area (Å²) in [5, 5.41) is 13.5. The predicted molar refractivity (Wildman–Crippen MR) is 63.9 cm³/mol. The molecule has 0 bridgehead atoms. The molecule has 1 heterocycles. The lowest BCUT2D eigenvalue weighted by Crippen LogP contribution is -2.47. The van der Waals surface area contributed by atoms with E-state index in [9.17, 15) is 14.4 Å². The number of rotatable bonds is 7. The van der Waals surface area contributed by atoms with E-state index in [0.717, 1.165) is 0 Å². The number of aromatic nitrogens is 2. The van der Waals surface area contributed by atoms with Gasteiger partial charge in [0, 0.05) is 12.6 Å². The lowest BCUT2D eigenvalue weighted by atomic mass is 10.1. The Hall–Kier alpha value is -2.42. The molecule has 0 spiro atoms. The van der Waals surface area contributed by atoms with Gasteiger partial charge in [-0.1, -0.05) is 0 Å². The van der Waals surface area contributed by atoms with Crippen LogP contribution in [-0.2, 0) is 20.8 Å². The third kappa shape index (κ3) is 5.17. The number of H-pyrrole nitrogens is 1. The van der Waals surface area contributed by atoms with Gasteiger partial charge in [0.1, 0.15) is 6.04 Å². The maximum atomic E-state index is 11.4. The highest BCUT2D eigenvalue weighted by atomic mass is 16.4. The Balaban J connectivity index is 2.47. The summed E-state index contributed by atoms with van der Waals surface area (Å²) in [5.74, 6) is -2.28. The number of aliphatic carboxylic acids is 1. The van der Waals surface area contributed by atoms with Gasteiger partial charge in [-0.2, -0.15) is 0 Å². The molecule has 9 nitrogen and oxygen atoms in total. The first-order valence-electron chi connectivity index (χ1n) is 5.49. The molecule has 19 heavy (non-hydrogen) atoms. The fourth-order valence-electron chi connectivity index (χ4n) is 1.31. The zero-order chi connectivity index (χ0) is 14.3. The Labute approximate surface area is 108 Å². The molecule has 0 fully saturated rings. The minimum atomic E-state index is -1.18. The molecule has 0 aliphatic carbocycles. The molecule has 1 aromatic rings. The number of imidazole rings is 1. The van der Waals surface area contributed by atoms with Crippen molar-refractivity contribution in [2.45, 2.75) is 12.5 Å². The second-order valence-corrected chi connectivity index (χ2v) is 3.70. The number of carbonyl (C=O) groups is 3. The van der Waals surface area contributed by atoms with Crippen LogP contribution in [-0.4, -0.2) is 52.0 Å². The van der Waals surface area contributed by atoms with Gasteiger partial charge in [-0.15, -0.1) is 0 Å². The number of hydrogen-bond donors (Lipinski definition) is 5. The fraction of sp³-hybridized carbons (Fsp3) is 0.400. The van der Waals surface area contributed by atoms with E-state index >= 15 is 0 Å². The topological polar surface area (TPSA) is 150 Å². The lowest BCUT2D eigenvalue weighted by molar-refractivity contribution is -0.141. The average molecular weight is 269 g/mol. The van der Waals surface area contributed by atoms with E-state index in [1.807, 2.05) is 0 Å². The molecule has 9 heteroatoms. The molecule has 1 atom stereocenters. The van der Waals surface area contributed by atoms with E-state index in [-0.39, 0.29) is 19.5 Å². The Bertz CT molecular complexity index is 445. The SMILES string of the molecule is NCC(=O)NCC(=O)N[C@@H](Cc1c[nH]cn1)C(=O)O. The molecule has 0 radical (unpaired) electrons. The molecule has 0 saturated carbocycles. The molecule has 0 saturated heterocycles. The van der Waals surface area contributed by atoms with E-state index in [2.05, 4.69) is 20.6 Å². The van der Waals surface area contributed by atoms with Gasteiger partial charge in [0.2, 0.25) is 11.8 Å². The van der Waals surface area contributed by atoms with Gasteiger partial charge in [0.05, 0.1) is 25.1 Å². The molecule has 104 valence electrons. The molecule has 0 aliphatic rings. The number of carboxylic acids is 1. The molecule has 0 unspecified atom stereocenters. The molecular weight excluding hydrogens is 254 g/mol. The number of aromatic amines is 1. The van der Waals surface area contributed by atoms with Gasteiger partial charge >= 0.3 is 5.97 Å². The number of carboxylic acid groups (broad SMARTS) is 1. The van der Waals surface area contributed by atoms with Crippen LogP contribution in [0.1, 0.15) is 5.69 Å². The third-order valence-corrected chi connectivity index (χ3v) is 2.23. The Morgan fingerprint density at radius 2 is 2.16 bits per heavy atom. The summed E-state index contributed by atoms with van der Waals surface area (Å²) in [7, 11) is 0. The van der Waals surface area contributed by atoms with Gasteiger partial charge < -0.3 is 26.5 Å². The number of nitrogens with zero attached hydrogens (tertiary/aromatic N) is 1. The second kappa shape index (κ2) is 7.11. The summed E-state index contributed by atoms with van der Waals surface area (Å²) in [6.07, 6.45) is 3.01. The summed E-state index contributed by atoms with van der Waals surface area (Å²) in [6, 6.07) is -1.11. The van der Waals surface area contributed by atoms with Crippen molar-refractivity contribution in [2.24, 2.45) is 5.73 Å². The van der Waals surface area contributed by atoms with Crippen LogP contribution in [0.15, 0.2) is 12.5 Å². The van der Waals surface area contributed by atoms with Crippen molar-refractivity contribution >= 4 is 17.8 Å². The van der Waals surface area contributed by atoms with Crippen LogP contribution in [0.3, 0.4) is 0 Å². The minimum absolute atomic E-state index is 0.0510. The van der Waals surface area contributed by atoms with Crippen molar-refractivity contribution in [3.63, 3.8) is 0 Å². The van der Waals surface area contributed by atoms with E-state index in [0.29, 0.717) is 5.69 Å². The van der Waals surface area contributed by atoms with Crippen LogP contribution in [0.4, 0.5) is 0 Å². The summed E-state index contributed by atoms with van der Waals surface area (Å²) < 4.78 is 0. The van der Waals surface area contributed by atoms with Crippen LogP contribution >= 0.6 is 0 Å². The van der Waals surface area contributed by atoms with Crippen LogP contribution in [0, 0.1) is 0 Å². The maximum absolute atomic E-state index is 11.4. The summed E-state index contributed by atoms with van der Waals surface area (Å²) in [4.78, 5) is 39.9.